The fourth-order valence-electron chi connectivity index (χ4n) is 12.0. The molecule has 0 radical (unpaired) electrons. The summed E-state index contributed by atoms with van der Waals surface area (Å²) in [5.41, 5.74) is 0. The Kier molecular flexibility index (Phi) is 66.6. The minimum absolute atomic E-state index is 0.0648. The van der Waals surface area contributed by atoms with E-state index in [1.54, 1.807) is 6.08 Å². The van der Waals surface area contributed by atoms with Crippen LogP contribution in [-0.4, -0.2) is 73.4 Å². The van der Waals surface area contributed by atoms with Crippen LogP contribution in [0.3, 0.4) is 0 Å². The molecule has 0 saturated heterocycles. The maximum absolute atomic E-state index is 13.1. The smallest absolute Gasteiger partial charge is 0.387 e. The first-order chi connectivity index (χ1) is 41.5. The highest BCUT2D eigenvalue weighted by molar-refractivity contribution is 7.47. The molecule has 0 aromatic carbocycles. The van der Waals surface area contributed by atoms with E-state index in [4.69, 9.17) is 9.05 Å². The number of carbonyl (C=O) groups excluding carboxylic acids is 1. The van der Waals surface area contributed by atoms with Gasteiger partial charge in [0.25, 0.3) is 0 Å². The Morgan fingerprint density at radius 3 is 0.906 bits per heavy atom. The average Bonchev–Trinajstić information content (AvgIpc) is 3.49. The van der Waals surface area contributed by atoms with Crippen LogP contribution in [0.25, 0.3) is 0 Å². The fraction of sp³-hybridized carbons (Fsp3) is 0.934. The second kappa shape index (κ2) is 67.4. The Bertz CT molecular complexity index is 1430. The van der Waals surface area contributed by atoms with Gasteiger partial charge in [-0.05, 0) is 44.9 Å². The van der Waals surface area contributed by atoms with E-state index >= 15 is 0 Å². The molecule has 0 aromatic rings. The molecule has 0 bridgehead atoms. The number of hydrogen-bond acceptors (Lipinski definition) is 5. The third-order valence-corrected chi connectivity index (χ3v) is 18.9. The Labute approximate surface area is 532 Å². The molecule has 0 aromatic heterocycles. The Morgan fingerprint density at radius 2 is 0.635 bits per heavy atom. The minimum atomic E-state index is -4.35. The molecular formula is C76H152N2O6P+. The first-order valence-electron chi connectivity index (χ1n) is 38.2. The number of hydrogen-bond donors (Lipinski definition) is 3. The zero-order valence-corrected chi connectivity index (χ0v) is 59.0. The Balaban J connectivity index is 3.94. The first kappa shape index (κ1) is 84.0. The number of rotatable bonds is 72. The number of nitrogens with zero attached hydrogens (tertiary/aromatic N) is 1. The highest BCUT2D eigenvalue weighted by Crippen LogP contribution is 2.43. The number of nitrogens with one attached hydrogen (secondary N) is 1. The predicted molar refractivity (Wildman–Crippen MR) is 374 cm³/mol. The predicted octanol–water partition coefficient (Wildman–Crippen LogP) is 24.6. The van der Waals surface area contributed by atoms with Gasteiger partial charge < -0.3 is 19.8 Å². The van der Waals surface area contributed by atoms with Crippen LogP contribution in [0, 0.1) is 0 Å². The third-order valence-electron chi connectivity index (χ3n) is 17.9. The lowest BCUT2D eigenvalue weighted by molar-refractivity contribution is -0.870. The maximum Gasteiger partial charge on any atom is 0.472 e. The first-order valence-corrected chi connectivity index (χ1v) is 39.7. The standard InChI is InChI=1S/C76H151N2O6P/c1-6-8-10-12-14-16-18-20-22-24-26-28-30-32-34-35-36-37-38-39-40-41-42-43-44-46-48-50-52-54-56-58-60-62-64-66-68-70-76(80)77-74(73-84-85(81,82)83-72-71-78(3,4)5)75(79)69-67-65-63-61-59-57-55-53-51-49-47-45-33-31-29-27-25-23-21-19-17-15-13-11-9-7-2/h24,26,67,69,74-75,79H,6-23,25,27-66,68,70-73H2,1-5H3,(H-,77,80,81,82)/p+1/b26-24-,69-67+. The molecule has 3 N–H and O–H groups in total. The average molecular weight is 1220 g/mol. The molecular weight excluding hydrogens is 1070 g/mol. The van der Waals surface area contributed by atoms with Crippen molar-refractivity contribution in [2.45, 2.75) is 418 Å². The summed E-state index contributed by atoms with van der Waals surface area (Å²) in [5, 5.41) is 14.0. The number of quaternary nitrogens is 1. The van der Waals surface area contributed by atoms with Gasteiger partial charge in [-0.15, -0.1) is 0 Å². The summed E-state index contributed by atoms with van der Waals surface area (Å²) in [5.74, 6) is -0.167. The quantitative estimate of drug-likeness (QED) is 0.0243. The van der Waals surface area contributed by atoms with Crippen molar-refractivity contribution in [3.63, 3.8) is 0 Å². The van der Waals surface area contributed by atoms with Crippen LogP contribution in [0.15, 0.2) is 24.3 Å². The molecule has 85 heavy (non-hydrogen) atoms. The lowest BCUT2D eigenvalue weighted by Gasteiger charge is -2.25. The molecule has 0 aliphatic carbocycles. The van der Waals surface area contributed by atoms with Crippen molar-refractivity contribution in [3.8, 4) is 0 Å². The number of phosphoric acid groups is 1. The van der Waals surface area contributed by atoms with E-state index in [9.17, 15) is 19.4 Å². The molecule has 506 valence electrons. The van der Waals surface area contributed by atoms with Gasteiger partial charge in [0, 0.05) is 6.42 Å². The highest BCUT2D eigenvalue weighted by atomic mass is 31.2. The summed E-state index contributed by atoms with van der Waals surface area (Å²) in [7, 11) is 1.60. The second-order valence-electron chi connectivity index (χ2n) is 27.7. The van der Waals surface area contributed by atoms with Crippen molar-refractivity contribution in [1.82, 2.24) is 5.32 Å². The van der Waals surface area contributed by atoms with Crippen LogP contribution in [0.4, 0.5) is 0 Å². The summed E-state index contributed by atoms with van der Waals surface area (Å²) in [6, 6.07) is -0.845. The van der Waals surface area contributed by atoms with Crippen LogP contribution in [0.5, 0.6) is 0 Å². The lowest BCUT2D eigenvalue weighted by Crippen LogP contribution is -2.45. The van der Waals surface area contributed by atoms with Gasteiger partial charge in [0.1, 0.15) is 13.2 Å². The number of carbonyl (C=O) groups is 1. The number of aliphatic hydroxyl groups is 1. The maximum atomic E-state index is 13.1. The molecule has 0 fully saturated rings. The van der Waals surface area contributed by atoms with Crippen molar-refractivity contribution in [2.24, 2.45) is 0 Å². The van der Waals surface area contributed by atoms with Gasteiger partial charge in [-0.3, -0.25) is 13.8 Å². The summed E-state index contributed by atoms with van der Waals surface area (Å²) in [6.07, 6.45) is 89.3. The third kappa shape index (κ3) is 70.3. The van der Waals surface area contributed by atoms with E-state index < -0.39 is 20.0 Å². The number of unbranched alkanes of at least 4 members (excludes halogenated alkanes) is 57. The van der Waals surface area contributed by atoms with Crippen LogP contribution in [0.1, 0.15) is 406 Å². The number of amides is 1. The van der Waals surface area contributed by atoms with Gasteiger partial charge in [-0.25, -0.2) is 4.57 Å². The summed E-state index contributed by atoms with van der Waals surface area (Å²) in [4.78, 5) is 23.5. The molecule has 0 aliphatic heterocycles. The van der Waals surface area contributed by atoms with Crippen molar-refractivity contribution >= 4 is 13.7 Å². The van der Waals surface area contributed by atoms with Crippen molar-refractivity contribution in [3.05, 3.63) is 24.3 Å². The van der Waals surface area contributed by atoms with Crippen LogP contribution < -0.4 is 5.32 Å². The van der Waals surface area contributed by atoms with E-state index in [2.05, 4.69) is 31.3 Å². The van der Waals surface area contributed by atoms with E-state index in [1.807, 2.05) is 27.2 Å². The fourth-order valence-corrected chi connectivity index (χ4v) is 12.7. The Hall–Kier alpha value is -1.02. The van der Waals surface area contributed by atoms with Gasteiger partial charge in [0.05, 0.1) is 39.9 Å². The van der Waals surface area contributed by atoms with Gasteiger partial charge in [0.15, 0.2) is 0 Å². The van der Waals surface area contributed by atoms with E-state index in [0.29, 0.717) is 17.4 Å². The van der Waals surface area contributed by atoms with E-state index in [0.717, 1.165) is 32.1 Å². The molecule has 9 heteroatoms. The lowest BCUT2D eigenvalue weighted by atomic mass is 10.0. The van der Waals surface area contributed by atoms with Crippen molar-refractivity contribution in [1.29, 1.82) is 0 Å². The summed E-state index contributed by atoms with van der Waals surface area (Å²) >= 11 is 0. The van der Waals surface area contributed by atoms with Gasteiger partial charge >= 0.3 is 7.82 Å². The minimum Gasteiger partial charge on any atom is -0.387 e. The molecule has 0 rings (SSSR count). The van der Waals surface area contributed by atoms with Gasteiger partial charge in [-0.1, -0.05) is 378 Å². The monoisotopic (exact) mass is 1220 g/mol. The molecule has 0 aliphatic rings. The molecule has 0 saturated carbocycles. The number of allylic oxidation sites excluding steroid dienone is 3. The van der Waals surface area contributed by atoms with Crippen LogP contribution >= 0.6 is 7.82 Å². The topological polar surface area (TPSA) is 105 Å². The molecule has 8 nitrogen and oxygen atoms in total. The summed E-state index contributed by atoms with van der Waals surface area (Å²) < 4.78 is 23.9. The van der Waals surface area contributed by atoms with Gasteiger partial charge in [-0.2, -0.15) is 0 Å². The molecule has 3 atom stereocenters. The Morgan fingerprint density at radius 1 is 0.388 bits per heavy atom. The van der Waals surface area contributed by atoms with E-state index in [-0.39, 0.29) is 19.1 Å². The zero-order chi connectivity index (χ0) is 61.9. The van der Waals surface area contributed by atoms with Crippen molar-refractivity contribution < 1.29 is 32.9 Å². The number of likely N-dealkylation sites (N-methyl/N-ethyl adjacent to an activating group) is 1. The summed E-state index contributed by atoms with van der Waals surface area (Å²) in [6.45, 7) is 4.89. The normalized spacial score (nSPS) is 13.6. The molecule has 0 spiro atoms. The zero-order valence-electron chi connectivity index (χ0n) is 58.1. The van der Waals surface area contributed by atoms with Crippen molar-refractivity contribution in [2.75, 3.05) is 40.9 Å². The molecule has 1 amide bonds. The number of phosphoric ester groups is 1. The van der Waals surface area contributed by atoms with Crippen LogP contribution in [0.2, 0.25) is 0 Å². The number of aliphatic hydroxyl groups excluding tert-OH is 1. The SMILES string of the molecule is CCCCCCCCCC/C=C\CCCCCCCCCCCCCCCCCCCCCCCCCCCC(=O)NC(COP(=O)(O)OCC[N+](C)(C)C)C(O)/C=C/CCCCCCCCCCCCCCCCCCCCCCCCCC. The molecule has 3 unspecified atom stereocenters. The van der Waals surface area contributed by atoms with E-state index in [1.165, 1.54) is 353 Å². The van der Waals surface area contributed by atoms with Gasteiger partial charge in [0.2, 0.25) is 5.91 Å². The highest BCUT2D eigenvalue weighted by Gasteiger charge is 2.28. The molecule has 0 heterocycles. The van der Waals surface area contributed by atoms with Crippen LogP contribution in [-0.2, 0) is 18.4 Å². The second-order valence-corrected chi connectivity index (χ2v) is 29.2. The largest absolute Gasteiger partial charge is 0.472 e.